The second-order valence-electron chi connectivity index (χ2n) is 6.96. The van der Waals surface area contributed by atoms with Gasteiger partial charge in [0.2, 0.25) is 5.78 Å². The minimum absolute atomic E-state index is 0.0720. The summed E-state index contributed by atoms with van der Waals surface area (Å²) in [6, 6.07) is 4.37. The number of ketones is 1. The number of hydrogen-bond acceptors (Lipinski definition) is 4. The van der Waals surface area contributed by atoms with Gasteiger partial charge in [0, 0.05) is 0 Å². The van der Waals surface area contributed by atoms with Crippen molar-refractivity contribution in [3.63, 3.8) is 0 Å². The lowest BCUT2D eigenvalue weighted by Crippen LogP contribution is -2.24. The normalized spacial score (nSPS) is 13.6. The Labute approximate surface area is 184 Å². The van der Waals surface area contributed by atoms with E-state index in [0.717, 1.165) is 24.4 Å². The summed E-state index contributed by atoms with van der Waals surface area (Å²) in [5.74, 6) is -1.22. The molecule has 1 aromatic heterocycles. The lowest BCUT2D eigenvalue weighted by Gasteiger charge is -2.14. The molecule has 0 saturated heterocycles. The fourth-order valence-corrected chi connectivity index (χ4v) is 2.79. The molecule has 0 N–H and O–H groups in total. The van der Waals surface area contributed by atoms with Crippen molar-refractivity contribution in [2.75, 3.05) is 0 Å². The van der Waals surface area contributed by atoms with Crippen molar-refractivity contribution in [1.82, 2.24) is 15.0 Å². The number of aromatic nitrogens is 3. The molecule has 0 amide bonds. The van der Waals surface area contributed by atoms with Crippen molar-refractivity contribution < 1.29 is 49.0 Å². The highest BCUT2D eigenvalue weighted by atomic mass is 19.4. The first kappa shape index (κ1) is 25.1. The van der Waals surface area contributed by atoms with Crippen LogP contribution in [0.3, 0.4) is 0 Å². The van der Waals surface area contributed by atoms with Crippen molar-refractivity contribution >= 4 is 5.78 Å². The first-order valence-corrected chi connectivity index (χ1v) is 9.16. The Kier molecular flexibility index (Phi) is 6.37. The predicted molar refractivity (Wildman–Crippen MR) is 97.2 cm³/mol. The van der Waals surface area contributed by atoms with Gasteiger partial charge in [-0.15, -0.1) is 5.10 Å². The van der Waals surface area contributed by atoms with E-state index in [2.05, 4.69) is 10.3 Å². The second kappa shape index (κ2) is 8.65. The van der Waals surface area contributed by atoms with Crippen LogP contribution >= 0.6 is 0 Å². The molecule has 1 heterocycles. The van der Waals surface area contributed by atoms with Crippen LogP contribution in [0.1, 0.15) is 34.1 Å². The molecular formula is C20H12F9N3O2. The third kappa shape index (κ3) is 5.66. The van der Waals surface area contributed by atoms with E-state index in [1.807, 2.05) is 0 Å². The van der Waals surface area contributed by atoms with Crippen LogP contribution in [0, 0.1) is 0 Å². The number of benzene rings is 2. The van der Waals surface area contributed by atoms with Crippen LogP contribution in [-0.4, -0.2) is 26.9 Å². The van der Waals surface area contributed by atoms with Gasteiger partial charge in [0.1, 0.15) is 5.75 Å². The molecule has 0 fully saturated rings. The summed E-state index contributed by atoms with van der Waals surface area (Å²) < 4.78 is 122. The van der Waals surface area contributed by atoms with Gasteiger partial charge in [-0.3, -0.25) is 4.79 Å². The molecule has 182 valence electrons. The maximum Gasteiger partial charge on any atom is 0.416 e. The summed E-state index contributed by atoms with van der Waals surface area (Å²) in [7, 11) is 0. The van der Waals surface area contributed by atoms with E-state index in [1.54, 1.807) is 0 Å². The monoisotopic (exact) mass is 497 g/mol. The van der Waals surface area contributed by atoms with Gasteiger partial charge in [0.15, 0.2) is 11.8 Å². The largest absolute Gasteiger partial charge is 0.482 e. The van der Waals surface area contributed by atoms with E-state index in [1.165, 1.54) is 6.92 Å². The number of Topliss-reactive ketones (excluding diaryl/α,β-unsaturated/α-hetero) is 1. The zero-order chi connectivity index (χ0) is 25.5. The van der Waals surface area contributed by atoms with Gasteiger partial charge in [-0.05, 0) is 43.3 Å². The molecule has 2 aromatic carbocycles. The summed E-state index contributed by atoms with van der Waals surface area (Å²) in [5.41, 5.74) is -5.38. The molecule has 0 radical (unpaired) electrons. The molecule has 1 atom stereocenters. The summed E-state index contributed by atoms with van der Waals surface area (Å²) >= 11 is 0. The van der Waals surface area contributed by atoms with E-state index in [4.69, 9.17) is 4.74 Å². The van der Waals surface area contributed by atoms with Gasteiger partial charge in [0.05, 0.1) is 28.6 Å². The van der Waals surface area contributed by atoms with Crippen molar-refractivity contribution in [3.8, 4) is 11.4 Å². The molecule has 3 aromatic rings. The Balaban J connectivity index is 1.87. The fourth-order valence-electron chi connectivity index (χ4n) is 2.79. The SMILES string of the molecule is CC(Oc1cccc(C(F)(F)F)c1)C(=O)c1cn(-c2cc(C(F)(F)F)cc(C(F)(F)F)c2)nn1. The number of carbonyl (C=O) groups excluding carboxylic acids is 1. The summed E-state index contributed by atoms with van der Waals surface area (Å²) in [5, 5.41) is 6.83. The quantitative estimate of drug-likeness (QED) is 0.322. The number of hydrogen-bond donors (Lipinski definition) is 0. The van der Waals surface area contributed by atoms with Crippen molar-refractivity contribution in [3.05, 3.63) is 71.0 Å². The molecule has 5 nitrogen and oxygen atoms in total. The van der Waals surface area contributed by atoms with Crippen LogP contribution in [0.5, 0.6) is 5.75 Å². The standard InChI is InChI=1S/C20H12F9N3O2/c1-10(34-15-4-2-3-11(8-15)18(21,22)23)17(33)16-9-32(31-30-16)14-6-12(19(24,25)26)5-13(7-14)20(27,28)29/h2-10H,1H3. The predicted octanol–water partition coefficient (Wildman–Crippen LogP) is 5.97. The smallest absolute Gasteiger partial charge is 0.416 e. The minimum atomic E-state index is -5.09. The zero-order valence-corrected chi connectivity index (χ0v) is 16.8. The maximum atomic E-state index is 13.0. The minimum Gasteiger partial charge on any atom is -0.482 e. The molecule has 0 aliphatic carbocycles. The molecule has 34 heavy (non-hydrogen) atoms. The Hall–Kier alpha value is -3.58. The van der Waals surface area contributed by atoms with Crippen molar-refractivity contribution in [2.24, 2.45) is 0 Å². The summed E-state index contributed by atoms with van der Waals surface area (Å²) in [4.78, 5) is 12.5. The van der Waals surface area contributed by atoms with Gasteiger partial charge in [-0.25, -0.2) is 4.68 Å². The average molecular weight is 497 g/mol. The van der Waals surface area contributed by atoms with E-state index < -0.39 is 58.5 Å². The molecule has 0 aliphatic rings. The lowest BCUT2D eigenvalue weighted by molar-refractivity contribution is -0.143. The molecule has 0 spiro atoms. The summed E-state index contributed by atoms with van der Waals surface area (Å²) in [6.45, 7) is 1.17. The van der Waals surface area contributed by atoms with Crippen molar-refractivity contribution in [2.45, 2.75) is 31.6 Å². The number of rotatable bonds is 5. The number of halogens is 9. The van der Waals surface area contributed by atoms with Gasteiger partial charge in [-0.2, -0.15) is 39.5 Å². The highest BCUT2D eigenvalue weighted by Crippen LogP contribution is 2.37. The Bertz CT molecular complexity index is 1160. The Morgan fingerprint density at radius 2 is 1.41 bits per heavy atom. The van der Waals surface area contributed by atoms with Gasteiger partial charge in [-0.1, -0.05) is 11.3 Å². The molecule has 0 aliphatic heterocycles. The fraction of sp³-hybridized carbons (Fsp3) is 0.250. The van der Waals surface area contributed by atoms with E-state index in [9.17, 15) is 44.3 Å². The van der Waals surface area contributed by atoms with E-state index >= 15 is 0 Å². The highest BCUT2D eigenvalue weighted by molar-refractivity contribution is 5.97. The molecular weight excluding hydrogens is 485 g/mol. The van der Waals surface area contributed by atoms with Crippen LogP contribution in [0.2, 0.25) is 0 Å². The van der Waals surface area contributed by atoms with Crippen LogP contribution in [0.25, 0.3) is 5.69 Å². The average Bonchev–Trinajstić information content (AvgIpc) is 3.21. The topological polar surface area (TPSA) is 57.0 Å². The Morgan fingerprint density at radius 3 is 1.94 bits per heavy atom. The molecule has 14 heteroatoms. The van der Waals surface area contributed by atoms with Gasteiger partial charge >= 0.3 is 18.5 Å². The summed E-state index contributed by atoms with van der Waals surface area (Å²) in [6.07, 6.45) is -15.5. The highest BCUT2D eigenvalue weighted by Gasteiger charge is 2.37. The third-order valence-electron chi connectivity index (χ3n) is 4.43. The number of alkyl halides is 9. The molecule has 1 unspecified atom stereocenters. The molecule has 0 saturated carbocycles. The first-order valence-electron chi connectivity index (χ1n) is 9.16. The number of nitrogens with zero attached hydrogens (tertiary/aromatic N) is 3. The third-order valence-corrected chi connectivity index (χ3v) is 4.43. The second-order valence-corrected chi connectivity index (χ2v) is 6.96. The maximum absolute atomic E-state index is 13.0. The lowest BCUT2D eigenvalue weighted by atomic mass is 10.1. The van der Waals surface area contributed by atoms with Crippen LogP contribution in [0.15, 0.2) is 48.7 Å². The van der Waals surface area contributed by atoms with Gasteiger partial charge in [0.25, 0.3) is 0 Å². The Morgan fingerprint density at radius 1 is 0.853 bits per heavy atom. The van der Waals surface area contributed by atoms with Crippen LogP contribution < -0.4 is 4.74 Å². The number of carbonyl (C=O) groups is 1. The molecule has 0 bridgehead atoms. The van der Waals surface area contributed by atoms with Crippen LogP contribution in [0.4, 0.5) is 39.5 Å². The van der Waals surface area contributed by atoms with E-state index in [-0.39, 0.29) is 11.8 Å². The van der Waals surface area contributed by atoms with Crippen LogP contribution in [-0.2, 0) is 18.5 Å². The number of ether oxygens (including phenoxy) is 1. The van der Waals surface area contributed by atoms with E-state index in [0.29, 0.717) is 22.9 Å². The zero-order valence-electron chi connectivity index (χ0n) is 16.8. The van der Waals surface area contributed by atoms with Gasteiger partial charge < -0.3 is 4.74 Å². The first-order chi connectivity index (χ1) is 15.6. The van der Waals surface area contributed by atoms with Crippen molar-refractivity contribution in [1.29, 1.82) is 0 Å². The molecule has 3 rings (SSSR count).